The first-order valence-electron chi connectivity index (χ1n) is 11.6. The van der Waals surface area contributed by atoms with E-state index in [0.29, 0.717) is 13.0 Å². The van der Waals surface area contributed by atoms with E-state index in [1.54, 1.807) is 11.1 Å². The van der Waals surface area contributed by atoms with Crippen LogP contribution in [-0.4, -0.2) is 34.3 Å². The first-order valence-corrected chi connectivity index (χ1v) is 11.6. The fourth-order valence-electron chi connectivity index (χ4n) is 5.29. The van der Waals surface area contributed by atoms with Crippen molar-refractivity contribution in [3.8, 4) is 0 Å². The SMILES string of the molecule is CC(N)C1(C(=O)N2Cc3ccccc3C[C@H]2C(=O)N[C@@H]2CCc3ccccc32)C=CC=CN1. The van der Waals surface area contributed by atoms with Crippen molar-refractivity contribution in [3.63, 3.8) is 0 Å². The van der Waals surface area contributed by atoms with Gasteiger partial charge in [-0.2, -0.15) is 0 Å². The summed E-state index contributed by atoms with van der Waals surface area (Å²) in [5.74, 6) is -0.297. The number of hydrogen-bond acceptors (Lipinski definition) is 4. The molecule has 33 heavy (non-hydrogen) atoms. The highest BCUT2D eigenvalue weighted by Gasteiger charge is 2.47. The van der Waals surface area contributed by atoms with Crippen LogP contribution in [0.4, 0.5) is 0 Å². The van der Waals surface area contributed by atoms with E-state index in [1.165, 1.54) is 11.1 Å². The summed E-state index contributed by atoms with van der Waals surface area (Å²) in [5.41, 5.74) is 9.86. The van der Waals surface area contributed by atoms with Gasteiger partial charge in [0, 0.05) is 19.0 Å². The van der Waals surface area contributed by atoms with E-state index in [1.807, 2.05) is 61.5 Å². The van der Waals surface area contributed by atoms with Crippen molar-refractivity contribution in [2.45, 2.75) is 56.4 Å². The minimum Gasteiger partial charge on any atom is -0.373 e. The van der Waals surface area contributed by atoms with E-state index in [0.717, 1.165) is 24.0 Å². The van der Waals surface area contributed by atoms with Crippen LogP contribution in [-0.2, 0) is 29.0 Å². The van der Waals surface area contributed by atoms with Gasteiger partial charge in [-0.3, -0.25) is 9.59 Å². The summed E-state index contributed by atoms with van der Waals surface area (Å²) in [6.07, 6.45) is 9.53. The molecule has 6 heteroatoms. The van der Waals surface area contributed by atoms with Crippen LogP contribution in [0.25, 0.3) is 0 Å². The molecule has 4 N–H and O–H groups in total. The van der Waals surface area contributed by atoms with Crippen LogP contribution in [0.5, 0.6) is 0 Å². The van der Waals surface area contributed by atoms with Crippen LogP contribution < -0.4 is 16.4 Å². The Labute approximate surface area is 194 Å². The highest BCUT2D eigenvalue weighted by Crippen LogP contribution is 2.32. The number of carbonyl (C=O) groups is 2. The fourth-order valence-corrected chi connectivity index (χ4v) is 5.29. The van der Waals surface area contributed by atoms with Gasteiger partial charge in [0.05, 0.1) is 6.04 Å². The van der Waals surface area contributed by atoms with Crippen molar-refractivity contribution >= 4 is 11.8 Å². The molecule has 5 rings (SSSR count). The standard InChI is InChI=1S/C27H30N4O2/c1-18(28)27(14-6-7-15-29-27)26(33)31-17-21-10-3-2-9-20(21)16-24(31)25(32)30-23-13-12-19-8-4-5-11-22(19)23/h2-11,14-15,18,23-24,29H,12-13,16-17,28H2,1H3,(H,30,32)/t18?,23-,24+,27?/m1/s1. The number of nitrogens with one attached hydrogen (secondary N) is 2. The van der Waals surface area contributed by atoms with Crippen molar-refractivity contribution in [3.05, 3.63) is 95.2 Å². The van der Waals surface area contributed by atoms with Gasteiger partial charge in [0.15, 0.2) is 5.54 Å². The van der Waals surface area contributed by atoms with Gasteiger partial charge in [-0.25, -0.2) is 0 Å². The highest BCUT2D eigenvalue weighted by atomic mass is 16.2. The molecule has 2 amide bonds. The molecule has 4 atom stereocenters. The molecule has 0 radical (unpaired) electrons. The van der Waals surface area contributed by atoms with Crippen molar-refractivity contribution in [2.75, 3.05) is 0 Å². The van der Waals surface area contributed by atoms with Gasteiger partial charge in [0.25, 0.3) is 5.91 Å². The van der Waals surface area contributed by atoms with Gasteiger partial charge < -0.3 is 21.3 Å². The number of hydrogen-bond donors (Lipinski definition) is 3. The fraction of sp³-hybridized carbons (Fsp3) is 0.333. The summed E-state index contributed by atoms with van der Waals surface area (Å²) < 4.78 is 0. The molecule has 2 heterocycles. The minimum atomic E-state index is -1.08. The van der Waals surface area contributed by atoms with Gasteiger partial charge in [-0.1, -0.05) is 54.6 Å². The van der Waals surface area contributed by atoms with Crippen molar-refractivity contribution < 1.29 is 9.59 Å². The molecule has 2 aliphatic heterocycles. The molecule has 0 spiro atoms. The molecule has 3 aliphatic rings. The van der Waals surface area contributed by atoms with Crippen LogP contribution in [0.1, 0.15) is 41.6 Å². The number of carbonyl (C=O) groups excluding carboxylic acids is 2. The summed E-state index contributed by atoms with van der Waals surface area (Å²) in [4.78, 5) is 29.4. The Hall–Kier alpha value is -3.38. The second-order valence-electron chi connectivity index (χ2n) is 9.24. The summed E-state index contributed by atoms with van der Waals surface area (Å²) in [7, 11) is 0. The van der Waals surface area contributed by atoms with Gasteiger partial charge in [0.1, 0.15) is 6.04 Å². The van der Waals surface area contributed by atoms with Crippen LogP contribution in [0.2, 0.25) is 0 Å². The predicted octanol–water partition coefficient (Wildman–Crippen LogP) is 2.50. The highest BCUT2D eigenvalue weighted by molar-refractivity contribution is 5.95. The number of amides is 2. The zero-order valence-corrected chi connectivity index (χ0v) is 18.8. The van der Waals surface area contributed by atoms with E-state index in [-0.39, 0.29) is 17.9 Å². The first-order chi connectivity index (χ1) is 16.0. The van der Waals surface area contributed by atoms with Gasteiger partial charge >= 0.3 is 0 Å². The van der Waals surface area contributed by atoms with E-state index < -0.39 is 17.6 Å². The Morgan fingerprint density at radius 1 is 1.09 bits per heavy atom. The lowest BCUT2D eigenvalue weighted by Crippen LogP contribution is -2.67. The first kappa shape index (κ1) is 21.5. The maximum Gasteiger partial charge on any atom is 0.254 e. The average Bonchev–Trinajstić information content (AvgIpc) is 3.25. The molecule has 1 aliphatic carbocycles. The summed E-state index contributed by atoms with van der Waals surface area (Å²) in [5, 5.41) is 6.43. The third kappa shape index (κ3) is 3.74. The quantitative estimate of drug-likeness (QED) is 0.679. The molecule has 170 valence electrons. The van der Waals surface area contributed by atoms with Gasteiger partial charge in [-0.15, -0.1) is 0 Å². The zero-order chi connectivity index (χ0) is 23.0. The molecule has 0 bridgehead atoms. The van der Waals surface area contributed by atoms with E-state index in [9.17, 15) is 9.59 Å². The summed E-state index contributed by atoms with van der Waals surface area (Å²) >= 11 is 0. The molecule has 6 nitrogen and oxygen atoms in total. The minimum absolute atomic E-state index is 0.0270. The second-order valence-corrected chi connectivity index (χ2v) is 9.24. The lowest BCUT2D eigenvalue weighted by atomic mass is 9.85. The Morgan fingerprint density at radius 2 is 1.82 bits per heavy atom. The second kappa shape index (κ2) is 8.52. The number of nitrogens with zero attached hydrogens (tertiary/aromatic N) is 1. The van der Waals surface area contributed by atoms with Crippen LogP contribution in [0.15, 0.2) is 73.0 Å². The molecule has 2 aromatic rings. The van der Waals surface area contributed by atoms with E-state index in [4.69, 9.17) is 5.73 Å². The lowest BCUT2D eigenvalue weighted by Gasteiger charge is -2.44. The van der Waals surface area contributed by atoms with Crippen molar-refractivity contribution in [2.24, 2.45) is 5.73 Å². The molecule has 0 fully saturated rings. The molecule has 0 aromatic heterocycles. The molecular formula is C27H30N4O2. The Balaban J connectivity index is 1.46. The predicted molar refractivity (Wildman–Crippen MR) is 128 cm³/mol. The third-order valence-corrected chi connectivity index (χ3v) is 7.22. The van der Waals surface area contributed by atoms with Crippen molar-refractivity contribution in [1.82, 2.24) is 15.5 Å². The zero-order valence-electron chi connectivity index (χ0n) is 18.8. The maximum atomic E-state index is 14.0. The number of dihydropyridines is 1. The average molecular weight is 443 g/mol. The van der Waals surface area contributed by atoms with E-state index >= 15 is 0 Å². The number of benzene rings is 2. The number of rotatable bonds is 4. The van der Waals surface area contributed by atoms with Gasteiger partial charge in [0.2, 0.25) is 5.91 Å². The molecule has 2 unspecified atom stereocenters. The Bertz CT molecular complexity index is 1140. The molecule has 0 saturated carbocycles. The monoisotopic (exact) mass is 442 g/mol. The number of nitrogens with two attached hydrogens (primary N) is 1. The van der Waals surface area contributed by atoms with Crippen LogP contribution in [0, 0.1) is 0 Å². The summed E-state index contributed by atoms with van der Waals surface area (Å²) in [6.45, 7) is 2.19. The van der Waals surface area contributed by atoms with Crippen molar-refractivity contribution in [1.29, 1.82) is 0 Å². The van der Waals surface area contributed by atoms with Crippen LogP contribution in [0.3, 0.4) is 0 Å². The van der Waals surface area contributed by atoms with Crippen LogP contribution >= 0.6 is 0 Å². The molecule has 0 saturated heterocycles. The normalized spacial score (nSPS) is 26.2. The largest absolute Gasteiger partial charge is 0.373 e. The summed E-state index contributed by atoms with van der Waals surface area (Å²) in [6, 6.07) is 15.2. The third-order valence-electron chi connectivity index (χ3n) is 7.22. The topological polar surface area (TPSA) is 87.5 Å². The number of aryl methyl sites for hydroxylation is 1. The Morgan fingerprint density at radius 3 is 2.55 bits per heavy atom. The van der Waals surface area contributed by atoms with Gasteiger partial charge in [-0.05, 0) is 60.4 Å². The molecule has 2 aromatic carbocycles. The smallest absolute Gasteiger partial charge is 0.254 e. The lowest BCUT2D eigenvalue weighted by molar-refractivity contribution is -0.146. The van der Waals surface area contributed by atoms with E-state index in [2.05, 4.69) is 22.8 Å². The molecular weight excluding hydrogens is 412 g/mol. The number of fused-ring (bicyclic) bond motifs is 2. The maximum absolute atomic E-state index is 14.0. The number of allylic oxidation sites excluding steroid dienone is 2. The Kier molecular flexibility index (Phi) is 5.54.